The van der Waals surface area contributed by atoms with Crippen molar-refractivity contribution in [3.8, 4) is 0 Å². The molecule has 0 aliphatic heterocycles. The van der Waals surface area contributed by atoms with Crippen LogP contribution in [0, 0.1) is 5.41 Å². The molecular formula is C13H19ClN2O2. The Kier molecular flexibility index (Phi) is 5.11. The minimum Gasteiger partial charge on any atom is -0.396 e. The summed E-state index contributed by atoms with van der Waals surface area (Å²) in [6, 6.07) is 1.47. The highest BCUT2D eigenvalue weighted by molar-refractivity contribution is 6.33. The number of aliphatic hydroxyl groups is 1. The average molecular weight is 271 g/mol. The minimum atomic E-state index is -0.240. The van der Waals surface area contributed by atoms with E-state index in [4.69, 9.17) is 16.7 Å². The van der Waals surface area contributed by atoms with Gasteiger partial charge in [0.05, 0.1) is 10.6 Å². The first-order valence-corrected chi connectivity index (χ1v) is 6.25. The number of carbonyl (C=O) groups excluding carboxylic acids is 1. The number of aliphatic hydroxyl groups excluding tert-OH is 1. The lowest BCUT2D eigenvalue weighted by Crippen LogP contribution is -2.44. The van der Waals surface area contributed by atoms with E-state index < -0.39 is 0 Å². The Balaban J connectivity index is 2.82. The van der Waals surface area contributed by atoms with Crippen LogP contribution in [0.3, 0.4) is 0 Å². The molecule has 0 saturated carbocycles. The predicted molar refractivity (Wildman–Crippen MR) is 71.7 cm³/mol. The lowest BCUT2D eigenvalue weighted by molar-refractivity contribution is 0.0885. The van der Waals surface area contributed by atoms with E-state index in [1.165, 1.54) is 12.4 Å². The molecule has 1 rings (SSSR count). The number of rotatable bonds is 4. The second-order valence-corrected chi connectivity index (χ2v) is 5.67. The SMILES string of the molecule is CC(C)(C)C(CCO)NC(=O)c1ccncc1Cl. The molecule has 1 heterocycles. The number of nitrogens with one attached hydrogen (secondary N) is 1. The highest BCUT2D eigenvalue weighted by Crippen LogP contribution is 2.22. The van der Waals surface area contributed by atoms with Gasteiger partial charge >= 0.3 is 0 Å². The number of halogens is 1. The van der Waals surface area contributed by atoms with Crippen molar-refractivity contribution in [3.05, 3.63) is 29.0 Å². The number of aromatic nitrogens is 1. The van der Waals surface area contributed by atoms with Gasteiger partial charge < -0.3 is 10.4 Å². The summed E-state index contributed by atoms with van der Waals surface area (Å²) in [6.07, 6.45) is 3.48. The molecular weight excluding hydrogens is 252 g/mol. The van der Waals surface area contributed by atoms with Gasteiger partial charge in [-0.2, -0.15) is 0 Å². The Morgan fingerprint density at radius 3 is 2.72 bits per heavy atom. The largest absolute Gasteiger partial charge is 0.396 e. The Hall–Kier alpha value is -1.13. The molecule has 0 bridgehead atoms. The van der Waals surface area contributed by atoms with Crippen molar-refractivity contribution in [1.29, 1.82) is 0 Å². The van der Waals surface area contributed by atoms with Crippen molar-refractivity contribution in [2.75, 3.05) is 6.61 Å². The third-order valence-corrected chi connectivity index (χ3v) is 3.09. The van der Waals surface area contributed by atoms with Crippen LogP contribution in [-0.4, -0.2) is 28.6 Å². The highest BCUT2D eigenvalue weighted by atomic mass is 35.5. The summed E-state index contributed by atoms with van der Waals surface area (Å²) >= 11 is 5.92. The highest BCUT2D eigenvalue weighted by Gasteiger charge is 2.26. The van der Waals surface area contributed by atoms with Gasteiger partial charge in [-0.25, -0.2) is 0 Å². The number of carbonyl (C=O) groups is 1. The molecule has 5 heteroatoms. The molecule has 0 aliphatic carbocycles. The average Bonchev–Trinajstić information content (AvgIpc) is 2.27. The van der Waals surface area contributed by atoms with E-state index in [-0.39, 0.29) is 24.0 Å². The fourth-order valence-electron chi connectivity index (χ4n) is 1.65. The van der Waals surface area contributed by atoms with Crippen LogP contribution in [0.5, 0.6) is 0 Å². The van der Waals surface area contributed by atoms with Gasteiger partial charge in [-0.15, -0.1) is 0 Å². The summed E-state index contributed by atoms with van der Waals surface area (Å²) in [7, 11) is 0. The minimum absolute atomic E-state index is 0.0340. The van der Waals surface area contributed by atoms with Crippen LogP contribution in [0.15, 0.2) is 18.5 Å². The Labute approximate surface area is 112 Å². The molecule has 0 saturated heterocycles. The van der Waals surface area contributed by atoms with Gasteiger partial charge in [0.1, 0.15) is 0 Å². The molecule has 0 aliphatic rings. The fourth-order valence-corrected chi connectivity index (χ4v) is 1.85. The van der Waals surface area contributed by atoms with E-state index in [2.05, 4.69) is 10.3 Å². The smallest absolute Gasteiger partial charge is 0.253 e. The third-order valence-electron chi connectivity index (χ3n) is 2.79. The Bertz CT molecular complexity index is 416. The lowest BCUT2D eigenvalue weighted by atomic mass is 9.85. The van der Waals surface area contributed by atoms with Crippen molar-refractivity contribution >= 4 is 17.5 Å². The fraction of sp³-hybridized carbons (Fsp3) is 0.538. The normalized spacial score (nSPS) is 13.2. The van der Waals surface area contributed by atoms with Crippen LogP contribution in [0.2, 0.25) is 5.02 Å². The van der Waals surface area contributed by atoms with Gasteiger partial charge in [-0.3, -0.25) is 9.78 Å². The molecule has 1 unspecified atom stereocenters. The number of hydrogen-bond acceptors (Lipinski definition) is 3. The number of pyridine rings is 1. The summed E-state index contributed by atoms with van der Waals surface area (Å²) in [5, 5.41) is 12.3. The lowest BCUT2D eigenvalue weighted by Gasteiger charge is -2.31. The van der Waals surface area contributed by atoms with Gasteiger partial charge in [0.15, 0.2) is 0 Å². The first kappa shape index (κ1) is 14.9. The predicted octanol–water partition coefficient (Wildman–Crippen LogP) is 2.26. The second kappa shape index (κ2) is 6.16. The molecule has 18 heavy (non-hydrogen) atoms. The maximum Gasteiger partial charge on any atom is 0.253 e. The van der Waals surface area contributed by atoms with Crippen LogP contribution < -0.4 is 5.32 Å². The first-order chi connectivity index (χ1) is 8.36. The van der Waals surface area contributed by atoms with Crippen molar-refractivity contribution in [2.45, 2.75) is 33.2 Å². The monoisotopic (exact) mass is 270 g/mol. The van der Waals surface area contributed by atoms with E-state index in [9.17, 15) is 4.79 Å². The maximum atomic E-state index is 12.1. The van der Waals surface area contributed by atoms with Crippen LogP contribution in [-0.2, 0) is 0 Å². The second-order valence-electron chi connectivity index (χ2n) is 5.26. The Morgan fingerprint density at radius 2 is 2.22 bits per heavy atom. The molecule has 1 atom stereocenters. The molecule has 0 radical (unpaired) electrons. The van der Waals surface area contributed by atoms with Crippen molar-refractivity contribution in [2.24, 2.45) is 5.41 Å². The zero-order chi connectivity index (χ0) is 13.8. The van der Waals surface area contributed by atoms with Gasteiger partial charge in [-0.1, -0.05) is 32.4 Å². The topological polar surface area (TPSA) is 62.2 Å². The van der Waals surface area contributed by atoms with Crippen LogP contribution in [0.4, 0.5) is 0 Å². The summed E-state index contributed by atoms with van der Waals surface area (Å²) < 4.78 is 0. The molecule has 0 aromatic carbocycles. The molecule has 0 spiro atoms. The zero-order valence-electron chi connectivity index (χ0n) is 10.9. The van der Waals surface area contributed by atoms with Crippen molar-refractivity contribution in [3.63, 3.8) is 0 Å². The van der Waals surface area contributed by atoms with E-state index in [0.29, 0.717) is 17.0 Å². The molecule has 1 aromatic rings. The quantitative estimate of drug-likeness (QED) is 0.882. The van der Waals surface area contributed by atoms with Gasteiger partial charge in [0.2, 0.25) is 0 Å². The maximum absolute atomic E-state index is 12.1. The van der Waals surface area contributed by atoms with Gasteiger partial charge in [0, 0.05) is 25.0 Å². The first-order valence-electron chi connectivity index (χ1n) is 5.87. The molecule has 100 valence electrons. The number of nitrogens with zero attached hydrogens (tertiary/aromatic N) is 1. The number of amides is 1. The van der Waals surface area contributed by atoms with Crippen LogP contribution >= 0.6 is 11.6 Å². The molecule has 1 aromatic heterocycles. The van der Waals surface area contributed by atoms with E-state index in [0.717, 1.165) is 0 Å². The standard InChI is InChI=1S/C13H19ClN2O2/c1-13(2,3)11(5-7-17)16-12(18)9-4-6-15-8-10(9)14/h4,6,8,11,17H,5,7H2,1-3H3,(H,16,18). The van der Waals surface area contributed by atoms with E-state index in [1.807, 2.05) is 20.8 Å². The molecule has 4 nitrogen and oxygen atoms in total. The van der Waals surface area contributed by atoms with E-state index >= 15 is 0 Å². The molecule has 0 fully saturated rings. The number of hydrogen-bond donors (Lipinski definition) is 2. The summed E-state index contributed by atoms with van der Waals surface area (Å²) in [6.45, 7) is 6.08. The Morgan fingerprint density at radius 1 is 1.56 bits per heavy atom. The summed E-state index contributed by atoms with van der Waals surface area (Å²) in [5.41, 5.74) is 0.275. The zero-order valence-corrected chi connectivity index (χ0v) is 11.7. The summed E-state index contributed by atoms with van der Waals surface area (Å²) in [4.78, 5) is 15.9. The van der Waals surface area contributed by atoms with Gasteiger partial charge in [0.25, 0.3) is 5.91 Å². The van der Waals surface area contributed by atoms with Crippen molar-refractivity contribution in [1.82, 2.24) is 10.3 Å². The van der Waals surface area contributed by atoms with E-state index in [1.54, 1.807) is 6.07 Å². The van der Waals surface area contributed by atoms with Crippen molar-refractivity contribution < 1.29 is 9.90 Å². The molecule has 1 amide bonds. The summed E-state index contributed by atoms with van der Waals surface area (Å²) in [5.74, 6) is -0.240. The van der Waals surface area contributed by atoms with Gasteiger partial charge in [-0.05, 0) is 17.9 Å². The molecule has 2 N–H and O–H groups in total. The third kappa shape index (κ3) is 3.96. The van der Waals surface area contributed by atoms with Crippen LogP contribution in [0.1, 0.15) is 37.6 Å². The van der Waals surface area contributed by atoms with Crippen LogP contribution in [0.25, 0.3) is 0 Å².